The SMILES string of the molecule is CC1CCCc2ncc(C3CCCN3)n21. The topological polar surface area (TPSA) is 29.9 Å². The summed E-state index contributed by atoms with van der Waals surface area (Å²) < 4.78 is 2.48. The van der Waals surface area contributed by atoms with Crippen LogP contribution in [-0.2, 0) is 6.42 Å². The highest BCUT2D eigenvalue weighted by molar-refractivity contribution is 5.14. The summed E-state index contributed by atoms with van der Waals surface area (Å²) in [6, 6.07) is 1.21. The standard InChI is InChI=1S/C12H19N3/c1-9-4-2-6-12-14-8-11(15(9)12)10-5-3-7-13-10/h8-10,13H,2-7H2,1H3. The Kier molecular flexibility index (Phi) is 2.28. The lowest BCUT2D eigenvalue weighted by molar-refractivity contribution is 0.401. The van der Waals surface area contributed by atoms with Crippen LogP contribution in [0.15, 0.2) is 6.20 Å². The molecule has 1 aromatic rings. The van der Waals surface area contributed by atoms with E-state index in [-0.39, 0.29) is 0 Å². The summed E-state index contributed by atoms with van der Waals surface area (Å²) in [6.07, 6.45) is 8.45. The van der Waals surface area contributed by atoms with Crippen molar-refractivity contribution < 1.29 is 0 Å². The molecule has 82 valence electrons. The van der Waals surface area contributed by atoms with Gasteiger partial charge in [0, 0.05) is 18.5 Å². The minimum Gasteiger partial charge on any atom is -0.328 e. The Morgan fingerprint density at radius 1 is 1.40 bits per heavy atom. The molecule has 2 atom stereocenters. The van der Waals surface area contributed by atoms with Gasteiger partial charge in [-0.15, -0.1) is 0 Å². The number of rotatable bonds is 1. The zero-order valence-electron chi connectivity index (χ0n) is 9.37. The van der Waals surface area contributed by atoms with Crippen LogP contribution in [0.25, 0.3) is 0 Å². The fourth-order valence-electron chi connectivity index (χ4n) is 2.99. The molecule has 2 aliphatic heterocycles. The number of nitrogens with one attached hydrogen (secondary N) is 1. The maximum absolute atomic E-state index is 4.57. The average molecular weight is 205 g/mol. The quantitative estimate of drug-likeness (QED) is 0.761. The maximum Gasteiger partial charge on any atom is 0.109 e. The Balaban J connectivity index is 1.97. The first-order valence-electron chi connectivity index (χ1n) is 6.15. The molecule has 3 heteroatoms. The number of nitrogens with zero attached hydrogens (tertiary/aromatic N) is 2. The minimum atomic E-state index is 0.562. The largest absolute Gasteiger partial charge is 0.328 e. The van der Waals surface area contributed by atoms with Gasteiger partial charge in [-0.2, -0.15) is 0 Å². The van der Waals surface area contributed by atoms with Crippen LogP contribution in [0.1, 0.15) is 56.2 Å². The molecule has 1 saturated heterocycles. The van der Waals surface area contributed by atoms with E-state index >= 15 is 0 Å². The van der Waals surface area contributed by atoms with Crippen molar-refractivity contribution in [2.45, 2.75) is 51.1 Å². The summed E-state index contributed by atoms with van der Waals surface area (Å²) in [7, 11) is 0. The molecule has 1 aromatic heterocycles. The van der Waals surface area contributed by atoms with Crippen LogP contribution >= 0.6 is 0 Å². The van der Waals surface area contributed by atoms with Gasteiger partial charge in [0.2, 0.25) is 0 Å². The van der Waals surface area contributed by atoms with Gasteiger partial charge in [0.25, 0.3) is 0 Å². The number of imidazole rings is 1. The molecule has 0 bridgehead atoms. The van der Waals surface area contributed by atoms with E-state index in [0.29, 0.717) is 12.1 Å². The Hall–Kier alpha value is -0.830. The molecule has 0 saturated carbocycles. The van der Waals surface area contributed by atoms with Crippen LogP contribution in [0.2, 0.25) is 0 Å². The van der Waals surface area contributed by atoms with E-state index in [1.807, 2.05) is 0 Å². The monoisotopic (exact) mass is 205 g/mol. The highest BCUT2D eigenvalue weighted by atomic mass is 15.1. The highest BCUT2D eigenvalue weighted by Crippen LogP contribution is 2.31. The summed E-state index contributed by atoms with van der Waals surface area (Å²) in [5, 5.41) is 3.57. The van der Waals surface area contributed by atoms with Gasteiger partial charge in [-0.1, -0.05) is 0 Å². The molecule has 0 spiro atoms. The van der Waals surface area contributed by atoms with E-state index in [2.05, 4.69) is 28.0 Å². The van der Waals surface area contributed by atoms with E-state index in [1.165, 1.54) is 43.7 Å². The van der Waals surface area contributed by atoms with Crippen molar-refractivity contribution in [3.8, 4) is 0 Å². The second-order valence-electron chi connectivity index (χ2n) is 4.86. The Labute approximate surface area is 90.9 Å². The molecule has 0 aliphatic carbocycles. The van der Waals surface area contributed by atoms with Crippen LogP contribution in [0, 0.1) is 0 Å². The first-order valence-corrected chi connectivity index (χ1v) is 6.15. The van der Waals surface area contributed by atoms with Crippen LogP contribution < -0.4 is 5.32 Å². The Bertz CT molecular complexity index is 350. The third-order valence-electron chi connectivity index (χ3n) is 3.78. The molecular formula is C12H19N3. The molecule has 2 unspecified atom stereocenters. The summed E-state index contributed by atoms with van der Waals surface area (Å²) in [5.74, 6) is 1.30. The molecule has 0 aromatic carbocycles. The van der Waals surface area contributed by atoms with Crippen molar-refractivity contribution in [2.24, 2.45) is 0 Å². The molecule has 3 heterocycles. The number of aryl methyl sites for hydroxylation is 1. The van der Waals surface area contributed by atoms with E-state index < -0.39 is 0 Å². The van der Waals surface area contributed by atoms with Gasteiger partial charge in [0.05, 0.1) is 11.9 Å². The van der Waals surface area contributed by atoms with Crippen molar-refractivity contribution in [1.29, 1.82) is 0 Å². The predicted octanol–water partition coefficient (Wildman–Crippen LogP) is 2.20. The number of hydrogen-bond acceptors (Lipinski definition) is 2. The van der Waals surface area contributed by atoms with E-state index in [1.54, 1.807) is 0 Å². The van der Waals surface area contributed by atoms with Crippen molar-refractivity contribution in [1.82, 2.24) is 14.9 Å². The molecule has 0 amide bonds. The maximum atomic E-state index is 4.57. The smallest absolute Gasteiger partial charge is 0.109 e. The van der Waals surface area contributed by atoms with E-state index in [9.17, 15) is 0 Å². The van der Waals surface area contributed by atoms with Gasteiger partial charge >= 0.3 is 0 Å². The zero-order valence-corrected chi connectivity index (χ0v) is 9.37. The molecule has 0 radical (unpaired) electrons. The predicted molar refractivity (Wildman–Crippen MR) is 59.9 cm³/mol. The Morgan fingerprint density at radius 3 is 3.13 bits per heavy atom. The third-order valence-corrected chi connectivity index (χ3v) is 3.78. The lowest BCUT2D eigenvalue weighted by atomic mass is 10.0. The summed E-state index contributed by atoms with van der Waals surface area (Å²) in [4.78, 5) is 4.57. The van der Waals surface area contributed by atoms with Crippen LogP contribution in [0.3, 0.4) is 0 Å². The van der Waals surface area contributed by atoms with Crippen molar-refractivity contribution in [3.63, 3.8) is 0 Å². The minimum absolute atomic E-state index is 0.562. The summed E-state index contributed by atoms with van der Waals surface area (Å²) in [5.41, 5.74) is 1.43. The number of hydrogen-bond donors (Lipinski definition) is 1. The van der Waals surface area contributed by atoms with E-state index in [4.69, 9.17) is 0 Å². The van der Waals surface area contributed by atoms with Gasteiger partial charge in [-0.25, -0.2) is 4.98 Å². The van der Waals surface area contributed by atoms with Gasteiger partial charge in [-0.3, -0.25) is 0 Å². The molecule has 3 rings (SSSR count). The van der Waals surface area contributed by atoms with E-state index in [0.717, 1.165) is 6.42 Å². The Morgan fingerprint density at radius 2 is 2.33 bits per heavy atom. The van der Waals surface area contributed by atoms with Crippen molar-refractivity contribution in [3.05, 3.63) is 17.7 Å². The summed E-state index contributed by atoms with van der Waals surface area (Å²) in [6.45, 7) is 3.49. The van der Waals surface area contributed by atoms with Crippen LogP contribution in [-0.4, -0.2) is 16.1 Å². The second kappa shape index (κ2) is 3.63. The second-order valence-corrected chi connectivity index (χ2v) is 4.86. The molecule has 1 fully saturated rings. The lowest BCUT2D eigenvalue weighted by Crippen LogP contribution is -2.22. The number of aromatic nitrogens is 2. The van der Waals surface area contributed by atoms with Crippen LogP contribution in [0.4, 0.5) is 0 Å². The molecular weight excluding hydrogens is 186 g/mol. The first kappa shape index (κ1) is 9.40. The van der Waals surface area contributed by atoms with Gasteiger partial charge in [-0.05, 0) is 39.2 Å². The molecule has 3 nitrogen and oxygen atoms in total. The average Bonchev–Trinajstić information content (AvgIpc) is 2.85. The van der Waals surface area contributed by atoms with Crippen LogP contribution in [0.5, 0.6) is 0 Å². The van der Waals surface area contributed by atoms with Gasteiger partial charge < -0.3 is 9.88 Å². The highest BCUT2D eigenvalue weighted by Gasteiger charge is 2.26. The normalized spacial score (nSPS) is 30.5. The van der Waals surface area contributed by atoms with Crippen molar-refractivity contribution in [2.75, 3.05) is 6.54 Å². The fraction of sp³-hybridized carbons (Fsp3) is 0.750. The lowest BCUT2D eigenvalue weighted by Gasteiger charge is -2.25. The van der Waals surface area contributed by atoms with Crippen molar-refractivity contribution >= 4 is 0 Å². The van der Waals surface area contributed by atoms with Gasteiger partial charge in [0.1, 0.15) is 5.82 Å². The first-order chi connectivity index (χ1) is 7.36. The summed E-state index contributed by atoms with van der Waals surface area (Å²) >= 11 is 0. The fourth-order valence-corrected chi connectivity index (χ4v) is 2.99. The molecule has 15 heavy (non-hydrogen) atoms. The third kappa shape index (κ3) is 1.49. The molecule has 1 N–H and O–H groups in total. The van der Waals surface area contributed by atoms with Gasteiger partial charge in [0.15, 0.2) is 0 Å². The number of fused-ring (bicyclic) bond motifs is 1. The zero-order chi connectivity index (χ0) is 10.3. The molecule has 2 aliphatic rings.